The highest BCUT2D eigenvalue weighted by molar-refractivity contribution is 7.99. The lowest BCUT2D eigenvalue weighted by Gasteiger charge is -2.04. The Morgan fingerprint density at radius 3 is 2.80 bits per heavy atom. The van der Waals surface area contributed by atoms with Crippen LogP contribution in [0.3, 0.4) is 0 Å². The maximum atomic E-state index is 11.7. The molecule has 2 aromatic rings. The molecule has 0 fully saturated rings. The zero-order chi connectivity index (χ0) is 14.5. The highest BCUT2D eigenvalue weighted by Gasteiger charge is 2.13. The predicted octanol–water partition coefficient (Wildman–Crippen LogP) is 4.03. The van der Waals surface area contributed by atoms with E-state index in [1.54, 1.807) is 11.4 Å². The molecule has 0 aliphatic rings. The lowest BCUT2D eigenvalue weighted by molar-refractivity contribution is -0.113. The second-order valence-electron chi connectivity index (χ2n) is 3.72. The molecule has 2 heterocycles. The summed E-state index contributed by atoms with van der Waals surface area (Å²) in [4.78, 5) is 23.9. The number of carbonyl (C=O) groups is 2. The normalized spacial score (nSPS) is 10.4. The number of thioether (sulfide) groups is 1. The first-order valence-electron chi connectivity index (χ1n) is 5.49. The zero-order valence-corrected chi connectivity index (χ0v) is 13.3. The molecule has 0 saturated carbocycles. The first kappa shape index (κ1) is 15.4. The van der Waals surface area contributed by atoms with Crippen LogP contribution in [0.2, 0.25) is 4.34 Å². The van der Waals surface area contributed by atoms with Crippen LogP contribution in [0.4, 0.5) is 5.69 Å². The molecule has 106 valence electrons. The summed E-state index contributed by atoms with van der Waals surface area (Å²) in [6, 6.07) is 5.35. The van der Waals surface area contributed by atoms with E-state index in [1.807, 2.05) is 12.1 Å². The summed E-state index contributed by atoms with van der Waals surface area (Å²) in [6.45, 7) is 0. The van der Waals surface area contributed by atoms with E-state index < -0.39 is 5.97 Å². The number of carbonyl (C=O) groups excluding carboxylic acids is 1. The Bertz CT molecular complexity index is 623. The average Bonchev–Trinajstić information content (AvgIpc) is 2.98. The van der Waals surface area contributed by atoms with Gasteiger partial charge < -0.3 is 10.4 Å². The highest BCUT2D eigenvalue weighted by Crippen LogP contribution is 2.26. The minimum absolute atomic E-state index is 0.147. The van der Waals surface area contributed by atoms with Crippen molar-refractivity contribution in [3.05, 3.63) is 37.7 Å². The summed E-state index contributed by atoms with van der Waals surface area (Å²) in [5.41, 5.74) is 0.354. The van der Waals surface area contributed by atoms with Gasteiger partial charge in [0.15, 0.2) is 0 Å². The molecule has 8 heteroatoms. The fourth-order valence-corrected chi connectivity index (χ4v) is 4.15. The van der Waals surface area contributed by atoms with Gasteiger partial charge in [-0.15, -0.1) is 34.4 Å². The topological polar surface area (TPSA) is 66.4 Å². The Balaban J connectivity index is 1.80. The number of anilines is 1. The summed E-state index contributed by atoms with van der Waals surface area (Å²) in [5.74, 6) is -0.264. The molecule has 0 atom stereocenters. The van der Waals surface area contributed by atoms with Crippen molar-refractivity contribution >= 4 is 63.6 Å². The van der Waals surface area contributed by atoms with Gasteiger partial charge in [0.1, 0.15) is 4.88 Å². The molecule has 2 aromatic heterocycles. The largest absolute Gasteiger partial charge is 0.477 e. The van der Waals surface area contributed by atoms with Crippen molar-refractivity contribution in [2.45, 2.75) is 5.75 Å². The fourth-order valence-electron chi connectivity index (χ4n) is 1.43. The third-order valence-electron chi connectivity index (χ3n) is 2.24. The number of hydrogen-bond acceptors (Lipinski definition) is 5. The Labute approximate surface area is 132 Å². The number of thiophene rings is 2. The standard InChI is InChI=1S/C12H10ClNO3S3/c13-9-2-1-7(20-9)5-18-6-10(15)14-8-3-4-19-11(8)12(16)17/h1-4H,5-6H2,(H,14,15)(H,16,17). The van der Waals surface area contributed by atoms with Crippen molar-refractivity contribution in [1.29, 1.82) is 0 Å². The van der Waals surface area contributed by atoms with Crippen molar-refractivity contribution < 1.29 is 14.7 Å². The molecule has 2 rings (SSSR count). The summed E-state index contributed by atoms with van der Waals surface area (Å²) in [5, 5.41) is 13.2. The van der Waals surface area contributed by atoms with Crippen LogP contribution >= 0.6 is 46.0 Å². The minimum atomic E-state index is -1.03. The van der Waals surface area contributed by atoms with Gasteiger partial charge in [-0.05, 0) is 23.6 Å². The van der Waals surface area contributed by atoms with Crippen LogP contribution in [0.25, 0.3) is 0 Å². The van der Waals surface area contributed by atoms with Crippen LogP contribution in [0.15, 0.2) is 23.6 Å². The first-order chi connectivity index (χ1) is 9.56. The molecular formula is C12H10ClNO3S3. The van der Waals surface area contributed by atoms with Gasteiger partial charge in [0.2, 0.25) is 5.91 Å². The second-order valence-corrected chi connectivity index (χ2v) is 7.42. The zero-order valence-electron chi connectivity index (χ0n) is 10.1. The third-order valence-corrected chi connectivity index (χ3v) is 5.54. The van der Waals surface area contributed by atoms with Gasteiger partial charge in [-0.25, -0.2) is 4.79 Å². The number of hydrogen-bond donors (Lipinski definition) is 2. The van der Waals surface area contributed by atoms with Crippen molar-refractivity contribution in [3.63, 3.8) is 0 Å². The number of nitrogens with one attached hydrogen (secondary N) is 1. The molecule has 20 heavy (non-hydrogen) atoms. The SMILES string of the molecule is O=C(CSCc1ccc(Cl)s1)Nc1ccsc1C(=O)O. The summed E-state index contributed by atoms with van der Waals surface area (Å²) in [7, 11) is 0. The fraction of sp³-hybridized carbons (Fsp3) is 0.167. The maximum Gasteiger partial charge on any atom is 0.348 e. The van der Waals surface area contributed by atoms with Gasteiger partial charge in [0.25, 0.3) is 0 Å². The monoisotopic (exact) mass is 347 g/mol. The van der Waals surface area contributed by atoms with E-state index in [4.69, 9.17) is 16.7 Å². The number of rotatable bonds is 6. The molecule has 0 aromatic carbocycles. The molecule has 0 radical (unpaired) electrons. The Morgan fingerprint density at radius 1 is 1.35 bits per heavy atom. The molecule has 0 bridgehead atoms. The van der Waals surface area contributed by atoms with Crippen molar-refractivity contribution in [2.24, 2.45) is 0 Å². The quantitative estimate of drug-likeness (QED) is 0.827. The summed E-state index contributed by atoms with van der Waals surface area (Å²) < 4.78 is 0.731. The minimum Gasteiger partial charge on any atom is -0.477 e. The predicted molar refractivity (Wildman–Crippen MR) is 85.4 cm³/mol. The Morgan fingerprint density at radius 2 is 2.15 bits per heavy atom. The molecule has 0 spiro atoms. The van der Waals surface area contributed by atoms with Crippen LogP contribution in [0, 0.1) is 0 Å². The number of halogens is 1. The van der Waals surface area contributed by atoms with Crippen molar-refractivity contribution in [3.8, 4) is 0 Å². The van der Waals surface area contributed by atoms with Crippen LogP contribution in [0.5, 0.6) is 0 Å². The summed E-state index contributed by atoms with van der Waals surface area (Å²) >= 11 is 9.86. The lowest BCUT2D eigenvalue weighted by Crippen LogP contribution is -2.15. The van der Waals surface area contributed by atoms with Crippen LogP contribution < -0.4 is 5.32 Å². The van der Waals surface area contributed by atoms with Crippen LogP contribution in [-0.2, 0) is 10.5 Å². The van der Waals surface area contributed by atoms with E-state index in [2.05, 4.69) is 5.32 Å². The average molecular weight is 348 g/mol. The van der Waals surface area contributed by atoms with Crippen molar-refractivity contribution in [2.75, 3.05) is 11.1 Å². The van der Waals surface area contributed by atoms with Gasteiger partial charge in [-0.1, -0.05) is 11.6 Å². The second kappa shape index (κ2) is 7.12. The first-order valence-corrected chi connectivity index (χ1v) is 8.71. The van der Waals surface area contributed by atoms with Crippen molar-refractivity contribution in [1.82, 2.24) is 0 Å². The maximum absolute atomic E-state index is 11.7. The molecule has 0 aliphatic heterocycles. The van der Waals surface area contributed by atoms with E-state index in [0.717, 1.165) is 20.6 Å². The summed E-state index contributed by atoms with van der Waals surface area (Å²) in [6.07, 6.45) is 0. The molecule has 0 aliphatic carbocycles. The third kappa shape index (κ3) is 4.24. The lowest BCUT2D eigenvalue weighted by atomic mass is 10.4. The Kier molecular flexibility index (Phi) is 5.47. The van der Waals surface area contributed by atoms with Gasteiger partial charge >= 0.3 is 5.97 Å². The molecule has 0 unspecified atom stereocenters. The number of carboxylic acids is 1. The van der Waals surface area contributed by atoms with E-state index in [1.165, 1.54) is 23.1 Å². The van der Waals surface area contributed by atoms with E-state index in [9.17, 15) is 9.59 Å². The van der Waals surface area contributed by atoms with Gasteiger partial charge in [-0.3, -0.25) is 4.79 Å². The van der Waals surface area contributed by atoms with Crippen LogP contribution in [-0.4, -0.2) is 22.7 Å². The highest BCUT2D eigenvalue weighted by atomic mass is 35.5. The molecule has 0 saturated heterocycles. The molecule has 4 nitrogen and oxygen atoms in total. The van der Waals surface area contributed by atoms with Gasteiger partial charge in [-0.2, -0.15) is 0 Å². The van der Waals surface area contributed by atoms with E-state index >= 15 is 0 Å². The van der Waals surface area contributed by atoms with Gasteiger partial charge in [0, 0.05) is 10.6 Å². The molecular weight excluding hydrogens is 338 g/mol. The molecule has 2 N–H and O–H groups in total. The van der Waals surface area contributed by atoms with Crippen LogP contribution in [0.1, 0.15) is 14.5 Å². The number of amides is 1. The van der Waals surface area contributed by atoms with E-state index in [-0.39, 0.29) is 16.5 Å². The Hall–Kier alpha value is -1.02. The number of aromatic carboxylic acids is 1. The number of carboxylic acid groups (broad SMARTS) is 1. The van der Waals surface area contributed by atoms with E-state index in [0.29, 0.717) is 11.4 Å². The smallest absolute Gasteiger partial charge is 0.348 e. The molecule has 1 amide bonds. The van der Waals surface area contributed by atoms with Gasteiger partial charge in [0.05, 0.1) is 15.8 Å².